The second kappa shape index (κ2) is 5.23. The van der Waals surface area contributed by atoms with E-state index in [0.29, 0.717) is 17.5 Å². The maximum atomic E-state index is 13.6. The summed E-state index contributed by atoms with van der Waals surface area (Å²) in [5.41, 5.74) is 1.10. The molecule has 0 saturated carbocycles. The zero-order chi connectivity index (χ0) is 14.1. The first-order valence-electron chi connectivity index (χ1n) is 7.05. The van der Waals surface area contributed by atoms with Gasteiger partial charge in [0.15, 0.2) is 5.82 Å². The fourth-order valence-electron chi connectivity index (χ4n) is 3.00. The molecule has 1 aliphatic heterocycles. The molecule has 1 atom stereocenters. The number of hydrogen-bond acceptors (Lipinski definition) is 2. The molecule has 0 spiro atoms. The number of carbonyl (C=O) groups excluding carboxylic acids is 1. The number of likely N-dealkylation sites (tertiary alicyclic amines) is 1. The number of aromatic amines is 1. The Balaban J connectivity index is 1.84. The van der Waals surface area contributed by atoms with Gasteiger partial charge in [0.05, 0.1) is 5.52 Å². The minimum atomic E-state index is -0.308. The maximum absolute atomic E-state index is 13.6. The number of H-pyrrole nitrogens is 1. The van der Waals surface area contributed by atoms with E-state index in [2.05, 4.69) is 9.97 Å². The van der Waals surface area contributed by atoms with Gasteiger partial charge in [-0.25, -0.2) is 9.37 Å². The molecule has 0 bridgehead atoms. The SMILES string of the molecule is CC(=O)N1CCCCC1Cc1nc2c(F)cccc2[nH]1. The maximum Gasteiger partial charge on any atom is 0.219 e. The summed E-state index contributed by atoms with van der Waals surface area (Å²) in [5.74, 6) is 0.553. The zero-order valence-electron chi connectivity index (χ0n) is 11.5. The van der Waals surface area contributed by atoms with Crippen LogP contribution in [0.4, 0.5) is 4.39 Å². The lowest BCUT2D eigenvalue weighted by Gasteiger charge is -2.34. The van der Waals surface area contributed by atoms with Crippen LogP contribution >= 0.6 is 0 Å². The molecule has 0 radical (unpaired) electrons. The van der Waals surface area contributed by atoms with Gasteiger partial charge in [0.2, 0.25) is 5.91 Å². The Morgan fingerprint density at radius 1 is 1.50 bits per heavy atom. The molecule has 1 aliphatic rings. The van der Waals surface area contributed by atoms with E-state index in [-0.39, 0.29) is 17.8 Å². The van der Waals surface area contributed by atoms with Crippen LogP contribution in [0.3, 0.4) is 0 Å². The van der Waals surface area contributed by atoms with Gasteiger partial charge in [-0.1, -0.05) is 6.07 Å². The van der Waals surface area contributed by atoms with Crippen molar-refractivity contribution in [1.29, 1.82) is 0 Å². The highest BCUT2D eigenvalue weighted by molar-refractivity contribution is 5.76. The number of amides is 1. The molecule has 106 valence electrons. The van der Waals surface area contributed by atoms with Crippen molar-refractivity contribution in [3.63, 3.8) is 0 Å². The molecule has 2 heterocycles. The Kier molecular flexibility index (Phi) is 3.42. The predicted molar refractivity (Wildman–Crippen MR) is 74.8 cm³/mol. The predicted octanol–water partition coefficient (Wildman–Crippen LogP) is 2.65. The van der Waals surface area contributed by atoms with Gasteiger partial charge in [-0.3, -0.25) is 4.79 Å². The number of carbonyl (C=O) groups is 1. The van der Waals surface area contributed by atoms with E-state index in [4.69, 9.17) is 0 Å². The van der Waals surface area contributed by atoms with E-state index >= 15 is 0 Å². The number of nitrogens with zero attached hydrogens (tertiary/aromatic N) is 2. The van der Waals surface area contributed by atoms with Gasteiger partial charge < -0.3 is 9.88 Å². The molecule has 1 unspecified atom stereocenters. The van der Waals surface area contributed by atoms with E-state index < -0.39 is 0 Å². The molecule has 20 heavy (non-hydrogen) atoms. The third kappa shape index (κ3) is 2.40. The number of piperidine rings is 1. The topological polar surface area (TPSA) is 49.0 Å². The van der Waals surface area contributed by atoms with Crippen LogP contribution in [0.1, 0.15) is 32.0 Å². The van der Waals surface area contributed by atoms with Crippen LogP contribution in [0.25, 0.3) is 11.0 Å². The third-order valence-electron chi connectivity index (χ3n) is 3.97. The monoisotopic (exact) mass is 275 g/mol. The molecule has 4 nitrogen and oxygen atoms in total. The summed E-state index contributed by atoms with van der Waals surface area (Å²) < 4.78 is 13.6. The summed E-state index contributed by atoms with van der Waals surface area (Å²) in [7, 11) is 0. The van der Waals surface area contributed by atoms with Crippen molar-refractivity contribution in [2.24, 2.45) is 0 Å². The number of fused-ring (bicyclic) bond motifs is 1. The minimum absolute atomic E-state index is 0.108. The number of hydrogen-bond donors (Lipinski definition) is 1. The Hall–Kier alpha value is -1.91. The minimum Gasteiger partial charge on any atom is -0.342 e. The van der Waals surface area contributed by atoms with E-state index in [1.165, 1.54) is 6.07 Å². The van der Waals surface area contributed by atoms with Crippen LogP contribution in [-0.2, 0) is 11.2 Å². The highest BCUT2D eigenvalue weighted by Crippen LogP contribution is 2.22. The van der Waals surface area contributed by atoms with Gasteiger partial charge in [-0.15, -0.1) is 0 Å². The van der Waals surface area contributed by atoms with E-state index in [1.54, 1.807) is 13.0 Å². The van der Waals surface area contributed by atoms with Crippen LogP contribution in [0.2, 0.25) is 0 Å². The summed E-state index contributed by atoms with van der Waals surface area (Å²) in [5, 5.41) is 0. The van der Waals surface area contributed by atoms with Gasteiger partial charge in [-0.05, 0) is 31.4 Å². The number of para-hydroxylation sites is 1. The van der Waals surface area contributed by atoms with Crippen LogP contribution < -0.4 is 0 Å². The smallest absolute Gasteiger partial charge is 0.219 e. The van der Waals surface area contributed by atoms with Gasteiger partial charge >= 0.3 is 0 Å². The Labute approximate surface area is 117 Å². The van der Waals surface area contributed by atoms with Crippen molar-refractivity contribution in [1.82, 2.24) is 14.9 Å². The molecule has 1 aromatic carbocycles. The van der Waals surface area contributed by atoms with Crippen LogP contribution in [0, 0.1) is 5.82 Å². The quantitative estimate of drug-likeness (QED) is 0.916. The molecule has 1 N–H and O–H groups in total. The van der Waals surface area contributed by atoms with Gasteiger partial charge in [0.1, 0.15) is 11.3 Å². The van der Waals surface area contributed by atoms with Gasteiger partial charge in [0, 0.05) is 25.9 Å². The number of halogens is 1. The first-order valence-corrected chi connectivity index (χ1v) is 7.05. The van der Waals surface area contributed by atoms with E-state index in [1.807, 2.05) is 11.0 Å². The van der Waals surface area contributed by atoms with Crippen molar-refractivity contribution in [2.75, 3.05) is 6.54 Å². The first-order chi connectivity index (χ1) is 9.65. The number of rotatable bonds is 2. The second-order valence-electron chi connectivity index (χ2n) is 5.39. The molecule has 1 fully saturated rings. The van der Waals surface area contributed by atoms with Crippen LogP contribution in [-0.4, -0.2) is 33.4 Å². The Bertz CT molecular complexity index is 637. The molecule has 2 aromatic rings. The lowest BCUT2D eigenvalue weighted by molar-refractivity contribution is -0.132. The lowest BCUT2D eigenvalue weighted by atomic mass is 9.99. The molecular formula is C15H18FN3O. The summed E-state index contributed by atoms with van der Waals surface area (Å²) in [6.45, 7) is 2.42. The molecular weight excluding hydrogens is 257 g/mol. The summed E-state index contributed by atoms with van der Waals surface area (Å²) in [6, 6.07) is 5.07. The molecule has 3 rings (SSSR count). The molecule has 5 heteroatoms. The van der Waals surface area contributed by atoms with Crippen molar-refractivity contribution >= 4 is 16.9 Å². The molecule has 1 amide bonds. The average molecular weight is 275 g/mol. The average Bonchev–Trinajstić information content (AvgIpc) is 2.83. The Morgan fingerprint density at radius 2 is 2.35 bits per heavy atom. The molecule has 1 aromatic heterocycles. The number of benzene rings is 1. The summed E-state index contributed by atoms with van der Waals surface area (Å²) in [6.07, 6.45) is 3.83. The van der Waals surface area contributed by atoms with Crippen molar-refractivity contribution < 1.29 is 9.18 Å². The third-order valence-corrected chi connectivity index (χ3v) is 3.97. The number of nitrogens with one attached hydrogen (secondary N) is 1. The standard InChI is InChI=1S/C15H18FN3O/c1-10(20)19-8-3-2-5-11(19)9-14-17-13-7-4-6-12(16)15(13)18-14/h4,6-7,11H,2-3,5,8-9H2,1H3,(H,17,18). The summed E-state index contributed by atoms with van der Waals surface area (Å²) >= 11 is 0. The first kappa shape index (κ1) is 13.1. The number of aromatic nitrogens is 2. The lowest BCUT2D eigenvalue weighted by Crippen LogP contribution is -2.43. The van der Waals surface area contributed by atoms with Crippen molar-refractivity contribution in [3.8, 4) is 0 Å². The highest BCUT2D eigenvalue weighted by Gasteiger charge is 2.25. The van der Waals surface area contributed by atoms with Crippen molar-refractivity contribution in [2.45, 2.75) is 38.6 Å². The normalized spacial score (nSPS) is 19.5. The van der Waals surface area contributed by atoms with E-state index in [9.17, 15) is 9.18 Å². The van der Waals surface area contributed by atoms with Crippen LogP contribution in [0.5, 0.6) is 0 Å². The van der Waals surface area contributed by atoms with Crippen LogP contribution in [0.15, 0.2) is 18.2 Å². The van der Waals surface area contributed by atoms with E-state index in [0.717, 1.165) is 31.6 Å². The fraction of sp³-hybridized carbons (Fsp3) is 0.467. The number of imidazole rings is 1. The highest BCUT2D eigenvalue weighted by atomic mass is 19.1. The fourth-order valence-corrected chi connectivity index (χ4v) is 3.00. The summed E-state index contributed by atoms with van der Waals surface area (Å²) in [4.78, 5) is 21.1. The van der Waals surface area contributed by atoms with Gasteiger partial charge in [-0.2, -0.15) is 0 Å². The van der Waals surface area contributed by atoms with Crippen molar-refractivity contribution in [3.05, 3.63) is 29.8 Å². The Morgan fingerprint density at radius 3 is 3.10 bits per heavy atom. The van der Waals surface area contributed by atoms with Gasteiger partial charge in [0.25, 0.3) is 0 Å². The molecule has 1 saturated heterocycles. The second-order valence-corrected chi connectivity index (χ2v) is 5.39. The largest absolute Gasteiger partial charge is 0.342 e. The molecule has 0 aliphatic carbocycles. The zero-order valence-corrected chi connectivity index (χ0v) is 11.5.